The van der Waals surface area contributed by atoms with Crippen molar-refractivity contribution in [2.75, 3.05) is 20.6 Å². The normalized spacial score (nSPS) is 17.9. The minimum atomic E-state index is -0.0253. The van der Waals surface area contributed by atoms with Crippen molar-refractivity contribution in [3.8, 4) is 0 Å². The molecule has 1 aromatic carbocycles. The molecule has 5 heteroatoms. The zero-order valence-corrected chi connectivity index (χ0v) is 16.2. The highest BCUT2D eigenvalue weighted by Crippen LogP contribution is 2.32. The van der Waals surface area contributed by atoms with Gasteiger partial charge in [-0.2, -0.15) is 0 Å². The van der Waals surface area contributed by atoms with Gasteiger partial charge in [-0.3, -0.25) is 4.79 Å². The summed E-state index contributed by atoms with van der Waals surface area (Å²) in [5.41, 5.74) is 2.91. The number of hydrogen-bond donors (Lipinski definition) is 0. The number of amides is 1. The summed E-state index contributed by atoms with van der Waals surface area (Å²) >= 11 is 0. The van der Waals surface area contributed by atoms with Crippen molar-refractivity contribution in [3.63, 3.8) is 0 Å². The fraction of sp³-hybridized carbons (Fsp3) is 0.524. The van der Waals surface area contributed by atoms with E-state index in [-0.39, 0.29) is 17.9 Å². The van der Waals surface area contributed by atoms with Crippen LogP contribution in [-0.4, -0.2) is 41.5 Å². The van der Waals surface area contributed by atoms with E-state index in [1.807, 2.05) is 18.7 Å². The second kappa shape index (κ2) is 8.04. The highest BCUT2D eigenvalue weighted by molar-refractivity contribution is 5.92. The molecule has 2 heterocycles. The molecule has 2 aromatic rings. The first kappa shape index (κ1) is 18.6. The van der Waals surface area contributed by atoms with Gasteiger partial charge in [-0.25, -0.2) is 0 Å². The third kappa shape index (κ3) is 4.15. The summed E-state index contributed by atoms with van der Waals surface area (Å²) in [6.45, 7) is 5.76. The zero-order valence-electron chi connectivity index (χ0n) is 16.2. The first-order chi connectivity index (χ1) is 12.5. The predicted molar refractivity (Wildman–Crippen MR) is 102 cm³/mol. The Balaban J connectivity index is 1.79. The van der Waals surface area contributed by atoms with Gasteiger partial charge in [0, 0.05) is 25.1 Å². The van der Waals surface area contributed by atoms with Crippen LogP contribution in [0.2, 0.25) is 0 Å². The van der Waals surface area contributed by atoms with Gasteiger partial charge in [-0.1, -0.05) is 43.3 Å². The maximum Gasteiger partial charge on any atom is 0.276 e. The molecule has 1 atom stereocenters. The van der Waals surface area contributed by atoms with Crippen LogP contribution in [0.5, 0.6) is 0 Å². The third-order valence-corrected chi connectivity index (χ3v) is 4.94. The topological polar surface area (TPSA) is 49.6 Å². The van der Waals surface area contributed by atoms with Crippen molar-refractivity contribution < 1.29 is 9.32 Å². The zero-order chi connectivity index (χ0) is 18.7. The first-order valence-corrected chi connectivity index (χ1v) is 9.47. The highest BCUT2D eigenvalue weighted by atomic mass is 16.5. The van der Waals surface area contributed by atoms with E-state index in [2.05, 4.69) is 48.4 Å². The molecule has 1 fully saturated rings. The van der Waals surface area contributed by atoms with Gasteiger partial charge in [0.05, 0.1) is 6.04 Å². The minimum Gasteiger partial charge on any atom is -0.360 e. The van der Waals surface area contributed by atoms with Gasteiger partial charge in [0.1, 0.15) is 5.76 Å². The van der Waals surface area contributed by atoms with Gasteiger partial charge in [0.15, 0.2) is 5.69 Å². The van der Waals surface area contributed by atoms with Crippen LogP contribution < -0.4 is 0 Å². The largest absolute Gasteiger partial charge is 0.360 e. The van der Waals surface area contributed by atoms with Gasteiger partial charge in [0.25, 0.3) is 5.91 Å². The lowest BCUT2D eigenvalue weighted by Crippen LogP contribution is -2.38. The molecule has 0 aliphatic carbocycles. The first-order valence-electron chi connectivity index (χ1n) is 9.47. The number of carbonyl (C=O) groups is 1. The molecule has 3 rings (SSSR count). The van der Waals surface area contributed by atoms with Crippen molar-refractivity contribution >= 4 is 5.91 Å². The Hall–Kier alpha value is -2.14. The summed E-state index contributed by atoms with van der Waals surface area (Å²) in [4.78, 5) is 17.1. The van der Waals surface area contributed by atoms with Gasteiger partial charge in [-0.05, 0) is 44.5 Å². The molecule has 1 aliphatic rings. The quantitative estimate of drug-likeness (QED) is 0.805. The van der Waals surface area contributed by atoms with Gasteiger partial charge in [0.2, 0.25) is 0 Å². The molecule has 1 aliphatic heterocycles. The summed E-state index contributed by atoms with van der Waals surface area (Å²) in [6.07, 6.45) is 3.17. The number of rotatable bonds is 5. The number of nitrogens with zero attached hydrogens (tertiary/aromatic N) is 3. The smallest absolute Gasteiger partial charge is 0.276 e. The Kier molecular flexibility index (Phi) is 5.77. The monoisotopic (exact) mass is 355 g/mol. The summed E-state index contributed by atoms with van der Waals surface area (Å²) < 4.78 is 5.33. The lowest BCUT2D eigenvalue weighted by atomic mass is 9.94. The maximum absolute atomic E-state index is 13.0. The number of carbonyl (C=O) groups excluding carboxylic acids is 1. The Bertz CT molecular complexity index is 734. The third-order valence-electron chi connectivity index (χ3n) is 4.94. The second-order valence-electron chi connectivity index (χ2n) is 7.76. The van der Waals surface area contributed by atoms with Crippen LogP contribution in [0.15, 0.2) is 34.9 Å². The number of piperidine rings is 1. The minimum absolute atomic E-state index is 0.0253. The average Bonchev–Trinajstić information content (AvgIpc) is 3.12. The van der Waals surface area contributed by atoms with Crippen LogP contribution in [0.25, 0.3) is 0 Å². The van der Waals surface area contributed by atoms with Crippen molar-refractivity contribution in [3.05, 3.63) is 52.9 Å². The predicted octanol–water partition coefficient (Wildman–Crippen LogP) is 4.23. The number of benzene rings is 1. The van der Waals surface area contributed by atoms with E-state index in [9.17, 15) is 4.79 Å². The van der Waals surface area contributed by atoms with Crippen molar-refractivity contribution in [1.82, 2.24) is 15.0 Å². The van der Waals surface area contributed by atoms with Crippen LogP contribution in [0.1, 0.15) is 72.4 Å². The molecule has 0 saturated carbocycles. The number of aromatic nitrogens is 1. The van der Waals surface area contributed by atoms with Gasteiger partial charge < -0.3 is 14.3 Å². The molecule has 1 aromatic heterocycles. The molecule has 0 bridgehead atoms. The van der Waals surface area contributed by atoms with Crippen molar-refractivity contribution in [1.29, 1.82) is 0 Å². The number of likely N-dealkylation sites (tertiary alicyclic amines) is 1. The molecular weight excluding hydrogens is 326 g/mol. The van der Waals surface area contributed by atoms with E-state index >= 15 is 0 Å². The molecule has 0 spiro atoms. The fourth-order valence-corrected chi connectivity index (χ4v) is 3.54. The summed E-state index contributed by atoms with van der Waals surface area (Å²) in [6, 6.07) is 10.6. The Morgan fingerprint density at radius 1 is 1.27 bits per heavy atom. The molecule has 140 valence electrons. The summed E-state index contributed by atoms with van der Waals surface area (Å²) in [5.74, 6) is 0.961. The van der Waals surface area contributed by atoms with Gasteiger partial charge in [-0.15, -0.1) is 0 Å². The van der Waals surface area contributed by atoms with E-state index < -0.39 is 0 Å². The van der Waals surface area contributed by atoms with Crippen LogP contribution in [0.4, 0.5) is 0 Å². The lowest BCUT2D eigenvalue weighted by Gasteiger charge is -2.35. The Labute approximate surface area is 156 Å². The standard InChI is InChI=1S/C21H29N3O2/c1-15(2)20-13-18(22-26-20)21(25)24-12-6-5-7-19(24)17-10-8-16(9-11-17)14-23(3)4/h8-11,13,15,19H,5-7,12,14H2,1-4H3. The highest BCUT2D eigenvalue weighted by Gasteiger charge is 2.30. The van der Waals surface area contributed by atoms with Crippen LogP contribution >= 0.6 is 0 Å². The van der Waals surface area contributed by atoms with E-state index in [1.54, 1.807) is 6.07 Å². The van der Waals surface area contributed by atoms with Crippen molar-refractivity contribution in [2.45, 2.75) is 51.6 Å². The number of hydrogen-bond acceptors (Lipinski definition) is 4. The Morgan fingerprint density at radius 2 is 2.00 bits per heavy atom. The SMILES string of the molecule is CC(C)c1cc(C(=O)N2CCCCC2c2ccc(CN(C)C)cc2)no1. The molecule has 0 N–H and O–H groups in total. The maximum atomic E-state index is 13.0. The molecule has 1 amide bonds. The average molecular weight is 355 g/mol. The molecular formula is C21H29N3O2. The second-order valence-corrected chi connectivity index (χ2v) is 7.76. The summed E-state index contributed by atoms with van der Waals surface area (Å²) in [5, 5.41) is 4.02. The van der Waals surface area contributed by atoms with Crippen LogP contribution in [0.3, 0.4) is 0 Å². The van der Waals surface area contributed by atoms with Crippen LogP contribution in [-0.2, 0) is 6.54 Å². The van der Waals surface area contributed by atoms with E-state index in [1.165, 1.54) is 11.1 Å². The molecule has 0 radical (unpaired) electrons. The van der Waals surface area contributed by atoms with E-state index in [0.717, 1.165) is 38.1 Å². The molecule has 1 saturated heterocycles. The lowest BCUT2D eigenvalue weighted by molar-refractivity contribution is 0.0601. The van der Waals surface area contributed by atoms with E-state index in [4.69, 9.17) is 4.52 Å². The summed E-state index contributed by atoms with van der Waals surface area (Å²) in [7, 11) is 4.14. The van der Waals surface area contributed by atoms with Crippen molar-refractivity contribution in [2.24, 2.45) is 0 Å². The van der Waals surface area contributed by atoms with Gasteiger partial charge >= 0.3 is 0 Å². The molecule has 5 nitrogen and oxygen atoms in total. The Morgan fingerprint density at radius 3 is 2.62 bits per heavy atom. The molecule has 1 unspecified atom stereocenters. The molecule has 26 heavy (non-hydrogen) atoms. The van der Waals surface area contributed by atoms with E-state index in [0.29, 0.717) is 5.69 Å². The fourth-order valence-electron chi connectivity index (χ4n) is 3.54. The van der Waals surface area contributed by atoms with Crippen LogP contribution in [0, 0.1) is 0 Å².